The molecule has 1 atom stereocenters. The fourth-order valence-corrected chi connectivity index (χ4v) is 0.559. The van der Waals surface area contributed by atoms with Gasteiger partial charge >= 0.3 is 6.09 Å². The van der Waals surface area contributed by atoms with Crippen molar-refractivity contribution in [3.63, 3.8) is 0 Å². The SMILES string of the molecule is CCOC(=O)N(C)C(C)C([NH])=O. The maximum absolute atomic E-state index is 11.0. The second kappa shape index (κ2) is 4.58. The first-order valence-corrected chi connectivity index (χ1v) is 3.65. The van der Waals surface area contributed by atoms with Crippen molar-refractivity contribution < 1.29 is 14.3 Å². The average Bonchev–Trinajstić information content (AvgIpc) is 2.02. The minimum atomic E-state index is -0.800. The minimum Gasteiger partial charge on any atom is -0.450 e. The van der Waals surface area contributed by atoms with Crippen molar-refractivity contribution in [1.29, 1.82) is 0 Å². The molecule has 0 rings (SSSR count). The predicted molar refractivity (Wildman–Crippen MR) is 42.4 cm³/mol. The van der Waals surface area contributed by atoms with E-state index in [-0.39, 0.29) is 6.61 Å². The number of hydrogen-bond acceptors (Lipinski definition) is 3. The van der Waals surface area contributed by atoms with Gasteiger partial charge in [-0.2, -0.15) is 0 Å². The van der Waals surface area contributed by atoms with Gasteiger partial charge in [0, 0.05) is 7.05 Å². The summed E-state index contributed by atoms with van der Waals surface area (Å²) in [4.78, 5) is 22.6. The third kappa shape index (κ3) is 2.77. The molecule has 69 valence electrons. The number of carbonyl (C=O) groups excluding carboxylic acids is 2. The van der Waals surface area contributed by atoms with E-state index in [1.54, 1.807) is 6.92 Å². The lowest BCUT2D eigenvalue weighted by molar-refractivity contribution is -0.122. The first kappa shape index (κ1) is 10.7. The van der Waals surface area contributed by atoms with E-state index in [0.29, 0.717) is 0 Å². The van der Waals surface area contributed by atoms with Crippen molar-refractivity contribution in [2.45, 2.75) is 19.9 Å². The summed E-state index contributed by atoms with van der Waals surface area (Å²) >= 11 is 0. The highest BCUT2D eigenvalue weighted by atomic mass is 16.6. The van der Waals surface area contributed by atoms with Crippen molar-refractivity contribution in [2.24, 2.45) is 0 Å². The first-order valence-electron chi connectivity index (χ1n) is 3.65. The molecule has 0 saturated heterocycles. The molecular formula is C7H13N2O3. The summed E-state index contributed by atoms with van der Waals surface area (Å²) in [5, 5.41) is 0. The lowest BCUT2D eigenvalue weighted by Crippen LogP contribution is -2.41. The van der Waals surface area contributed by atoms with Gasteiger partial charge in [0.15, 0.2) is 0 Å². The van der Waals surface area contributed by atoms with Gasteiger partial charge in [0.2, 0.25) is 0 Å². The van der Waals surface area contributed by atoms with Crippen LogP contribution in [0.5, 0.6) is 0 Å². The molecule has 12 heavy (non-hydrogen) atoms. The Kier molecular flexibility index (Phi) is 4.10. The molecule has 0 spiro atoms. The van der Waals surface area contributed by atoms with Gasteiger partial charge in [0.05, 0.1) is 6.61 Å². The summed E-state index contributed by atoms with van der Waals surface area (Å²) in [7, 11) is 1.43. The highest BCUT2D eigenvalue weighted by Crippen LogP contribution is 1.97. The monoisotopic (exact) mass is 173 g/mol. The van der Waals surface area contributed by atoms with Gasteiger partial charge in [-0.3, -0.25) is 15.4 Å². The average molecular weight is 173 g/mol. The van der Waals surface area contributed by atoms with Crippen LogP contribution in [0.15, 0.2) is 0 Å². The molecular weight excluding hydrogens is 160 g/mol. The van der Waals surface area contributed by atoms with Crippen molar-refractivity contribution in [3.05, 3.63) is 0 Å². The van der Waals surface area contributed by atoms with Crippen molar-refractivity contribution in [3.8, 4) is 0 Å². The molecule has 0 saturated carbocycles. The Bertz CT molecular complexity index is 181. The smallest absolute Gasteiger partial charge is 0.410 e. The van der Waals surface area contributed by atoms with E-state index in [1.165, 1.54) is 14.0 Å². The molecule has 0 aliphatic carbocycles. The van der Waals surface area contributed by atoms with Gasteiger partial charge in [-0.1, -0.05) is 0 Å². The third-order valence-corrected chi connectivity index (χ3v) is 1.52. The van der Waals surface area contributed by atoms with Crippen molar-refractivity contribution in [2.75, 3.05) is 13.7 Å². The highest BCUT2D eigenvalue weighted by Gasteiger charge is 2.20. The Morgan fingerprint density at radius 3 is 2.42 bits per heavy atom. The highest BCUT2D eigenvalue weighted by molar-refractivity contribution is 5.83. The van der Waals surface area contributed by atoms with Gasteiger partial charge in [-0.15, -0.1) is 0 Å². The summed E-state index contributed by atoms with van der Waals surface area (Å²) in [5.74, 6) is -0.800. The number of ether oxygens (including phenoxy) is 1. The molecule has 0 aliphatic heterocycles. The number of nitrogens with one attached hydrogen (secondary N) is 1. The quantitative estimate of drug-likeness (QED) is 0.615. The van der Waals surface area contributed by atoms with E-state index in [1.807, 2.05) is 0 Å². The van der Waals surface area contributed by atoms with E-state index in [2.05, 4.69) is 4.74 Å². The molecule has 0 aromatic carbocycles. The largest absolute Gasteiger partial charge is 0.450 e. The Labute approximate surface area is 71.5 Å². The van der Waals surface area contributed by atoms with Crippen LogP contribution in [0, 0.1) is 0 Å². The molecule has 5 heteroatoms. The van der Waals surface area contributed by atoms with Crippen LogP contribution in [0.3, 0.4) is 0 Å². The van der Waals surface area contributed by atoms with Crippen molar-refractivity contribution in [1.82, 2.24) is 10.6 Å². The molecule has 1 N–H and O–H groups in total. The van der Waals surface area contributed by atoms with Gasteiger partial charge in [0.1, 0.15) is 6.04 Å². The van der Waals surface area contributed by atoms with Gasteiger partial charge in [-0.25, -0.2) is 4.79 Å². The summed E-state index contributed by atoms with van der Waals surface area (Å²) in [6.45, 7) is 3.42. The van der Waals surface area contributed by atoms with Crippen molar-refractivity contribution >= 4 is 12.0 Å². The number of amides is 2. The van der Waals surface area contributed by atoms with Crippen LogP contribution in [0.2, 0.25) is 0 Å². The van der Waals surface area contributed by atoms with Gasteiger partial charge in [0.25, 0.3) is 5.91 Å². The van der Waals surface area contributed by atoms with Gasteiger partial charge < -0.3 is 4.74 Å². The number of carbonyl (C=O) groups is 2. The number of nitrogens with zero attached hydrogens (tertiary/aromatic N) is 1. The fourth-order valence-electron chi connectivity index (χ4n) is 0.559. The maximum atomic E-state index is 11.0. The van der Waals surface area contributed by atoms with Crippen LogP contribution in [0.4, 0.5) is 4.79 Å². The minimum absolute atomic E-state index is 0.266. The Balaban J connectivity index is 4.09. The van der Waals surface area contributed by atoms with Crippen LogP contribution in [0.25, 0.3) is 0 Å². The Morgan fingerprint density at radius 2 is 2.08 bits per heavy atom. The topological polar surface area (TPSA) is 70.4 Å². The molecule has 0 aromatic rings. The van der Waals surface area contributed by atoms with Crippen LogP contribution in [-0.2, 0) is 9.53 Å². The Hall–Kier alpha value is -1.26. The number of likely N-dealkylation sites (N-methyl/N-ethyl adjacent to an activating group) is 1. The maximum Gasteiger partial charge on any atom is 0.410 e. The van der Waals surface area contributed by atoms with Crippen LogP contribution < -0.4 is 5.73 Å². The normalized spacial score (nSPS) is 11.9. The zero-order valence-corrected chi connectivity index (χ0v) is 7.46. The number of rotatable bonds is 3. The molecule has 0 bridgehead atoms. The van der Waals surface area contributed by atoms with E-state index in [4.69, 9.17) is 5.73 Å². The lowest BCUT2D eigenvalue weighted by Gasteiger charge is -2.20. The van der Waals surface area contributed by atoms with E-state index < -0.39 is 18.0 Å². The molecule has 0 heterocycles. The van der Waals surface area contributed by atoms with E-state index >= 15 is 0 Å². The van der Waals surface area contributed by atoms with E-state index in [0.717, 1.165) is 4.90 Å². The zero-order chi connectivity index (χ0) is 9.72. The predicted octanol–water partition coefficient (Wildman–Crippen LogP) is 0.273. The molecule has 5 nitrogen and oxygen atoms in total. The molecule has 1 unspecified atom stereocenters. The zero-order valence-electron chi connectivity index (χ0n) is 7.46. The molecule has 0 aliphatic rings. The standard InChI is InChI=1S/C7H13N2O3/c1-4-12-7(11)9(3)5(2)6(8)10/h5,8H,4H2,1-3H3. The second-order valence-corrected chi connectivity index (χ2v) is 2.35. The van der Waals surface area contributed by atoms with Gasteiger partial charge in [-0.05, 0) is 13.8 Å². The van der Waals surface area contributed by atoms with Crippen LogP contribution >= 0.6 is 0 Å². The van der Waals surface area contributed by atoms with E-state index in [9.17, 15) is 9.59 Å². The fraction of sp³-hybridized carbons (Fsp3) is 0.714. The Morgan fingerprint density at radius 1 is 1.58 bits per heavy atom. The summed E-state index contributed by atoms with van der Waals surface area (Å²) in [6.07, 6.45) is -0.578. The summed E-state index contributed by atoms with van der Waals surface area (Å²) < 4.78 is 4.63. The molecule has 2 amide bonds. The lowest BCUT2D eigenvalue weighted by atomic mass is 10.3. The third-order valence-electron chi connectivity index (χ3n) is 1.52. The first-order chi connectivity index (χ1) is 5.50. The second-order valence-electron chi connectivity index (χ2n) is 2.35. The molecule has 0 fully saturated rings. The molecule has 0 aromatic heterocycles. The summed E-state index contributed by atoms with van der Waals surface area (Å²) in [5.41, 5.74) is 6.75. The molecule has 1 radical (unpaired) electrons. The number of hydrogen-bond donors (Lipinski definition) is 0. The van der Waals surface area contributed by atoms with Crippen LogP contribution in [-0.4, -0.2) is 36.6 Å². The van der Waals surface area contributed by atoms with Crippen LogP contribution in [0.1, 0.15) is 13.8 Å². The summed E-state index contributed by atoms with van der Waals surface area (Å²) in [6, 6.07) is -0.746.